The van der Waals surface area contributed by atoms with Gasteiger partial charge in [0.15, 0.2) is 0 Å². The maximum absolute atomic E-state index is 11.2. The van der Waals surface area contributed by atoms with Gasteiger partial charge in [-0.05, 0) is 6.92 Å². The zero-order valence-electron chi connectivity index (χ0n) is 7.91. The maximum atomic E-state index is 11.2. The van der Waals surface area contributed by atoms with Crippen LogP contribution >= 0.6 is 11.3 Å². The van der Waals surface area contributed by atoms with E-state index < -0.39 is 0 Å². The van der Waals surface area contributed by atoms with Gasteiger partial charge in [0, 0.05) is 23.9 Å². The fraction of sp³-hybridized carbons (Fsp3) is 0.556. The summed E-state index contributed by atoms with van der Waals surface area (Å²) in [6, 6.07) is -0.357. The summed E-state index contributed by atoms with van der Waals surface area (Å²) in [4.78, 5) is 16.4. The molecular formula is C9H14N2OS. The van der Waals surface area contributed by atoms with Gasteiger partial charge in [0.05, 0.1) is 11.0 Å². The molecule has 1 aromatic rings. The number of thiazole rings is 1. The minimum absolute atomic E-state index is 0.117. The Morgan fingerprint density at radius 3 is 2.92 bits per heavy atom. The first-order valence-electron chi connectivity index (χ1n) is 4.33. The molecule has 0 spiro atoms. The number of carbonyl (C=O) groups excluding carboxylic acids is 1. The van der Waals surface area contributed by atoms with Crippen molar-refractivity contribution in [3.05, 3.63) is 16.1 Å². The van der Waals surface area contributed by atoms with Gasteiger partial charge in [0.2, 0.25) is 0 Å². The zero-order chi connectivity index (χ0) is 9.84. The molecule has 0 radical (unpaired) electrons. The van der Waals surface area contributed by atoms with Crippen molar-refractivity contribution in [1.29, 1.82) is 0 Å². The highest BCUT2D eigenvalue weighted by Crippen LogP contribution is 2.13. The fourth-order valence-corrected chi connectivity index (χ4v) is 1.95. The summed E-state index contributed by atoms with van der Waals surface area (Å²) in [7, 11) is 0. The van der Waals surface area contributed by atoms with Gasteiger partial charge in [-0.2, -0.15) is 0 Å². The van der Waals surface area contributed by atoms with E-state index in [1.807, 2.05) is 13.8 Å². The van der Waals surface area contributed by atoms with E-state index in [4.69, 9.17) is 5.73 Å². The summed E-state index contributed by atoms with van der Waals surface area (Å²) in [5, 5.41) is 1.02. The van der Waals surface area contributed by atoms with E-state index in [0.29, 0.717) is 12.8 Å². The Morgan fingerprint density at radius 2 is 2.46 bits per heavy atom. The monoisotopic (exact) mass is 198 g/mol. The Labute approximate surface area is 82.0 Å². The van der Waals surface area contributed by atoms with Crippen LogP contribution in [0.3, 0.4) is 0 Å². The molecule has 3 nitrogen and oxygen atoms in total. The Balaban J connectivity index is 2.54. The predicted molar refractivity (Wildman–Crippen MR) is 53.8 cm³/mol. The molecule has 1 aromatic heterocycles. The van der Waals surface area contributed by atoms with E-state index in [1.165, 1.54) is 0 Å². The van der Waals surface area contributed by atoms with Crippen LogP contribution in [0.15, 0.2) is 6.20 Å². The molecule has 0 saturated heterocycles. The smallest absolute Gasteiger partial charge is 0.149 e. The molecule has 13 heavy (non-hydrogen) atoms. The zero-order valence-corrected chi connectivity index (χ0v) is 8.73. The van der Waals surface area contributed by atoms with E-state index in [2.05, 4.69) is 4.98 Å². The molecule has 2 N–H and O–H groups in total. The third-order valence-electron chi connectivity index (χ3n) is 1.85. The van der Waals surface area contributed by atoms with Gasteiger partial charge in [-0.15, -0.1) is 11.3 Å². The van der Waals surface area contributed by atoms with E-state index in [0.717, 1.165) is 9.88 Å². The summed E-state index contributed by atoms with van der Waals surface area (Å²) in [6.07, 6.45) is 2.93. The van der Waals surface area contributed by atoms with Gasteiger partial charge < -0.3 is 5.73 Å². The van der Waals surface area contributed by atoms with Crippen molar-refractivity contribution in [1.82, 2.24) is 4.98 Å². The third kappa shape index (κ3) is 2.90. The maximum Gasteiger partial charge on any atom is 0.149 e. The summed E-state index contributed by atoms with van der Waals surface area (Å²) in [6.45, 7) is 3.78. The molecule has 1 rings (SSSR count). The molecule has 0 aromatic carbocycles. The number of nitrogens with two attached hydrogens (primary N) is 1. The van der Waals surface area contributed by atoms with Crippen LogP contribution < -0.4 is 5.73 Å². The molecular weight excluding hydrogens is 184 g/mol. The Kier molecular flexibility index (Phi) is 3.57. The summed E-state index contributed by atoms with van der Waals surface area (Å²) in [5.74, 6) is 0.117. The number of aryl methyl sites for hydroxylation is 1. The van der Waals surface area contributed by atoms with E-state index in [1.54, 1.807) is 17.5 Å². The number of aromatic nitrogens is 1. The Morgan fingerprint density at radius 1 is 1.77 bits per heavy atom. The first-order valence-corrected chi connectivity index (χ1v) is 5.14. The second-order valence-electron chi connectivity index (χ2n) is 2.98. The quantitative estimate of drug-likeness (QED) is 0.793. The highest BCUT2D eigenvalue weighted by atomic mass is 32.1. The van der Waals surface area contributed by atoms with Crippen LogP contribution in [-0.4, -0.2) is 16.8 Å². The summed E-state index contributed by atoms with van der Waals surface area (Å²) < 4.78 is 0. The molecule has 0 aliphatic carbocycles. The normalized spacial score (nSPS) is 12.8. The van der Waals surface area contributed by atoms with Crippen molar-refractivity contribution in [3.63, 3.8) is 0 Å². The van der Waals surface area contributed by atoms with Crippen LogP contribution in [0.1, 0.15) is 23.2 Å². The van der Waals surface area contributed by atoms with Crippen molar-refractivity contribution in [3.8, 4) is 0 Å². The lowest BCUT2D eigenvalue weighted by molar-refractivity contribution is -0.119. The molecule has 4 heteroatoms. The van der Waals surface area contributed by atoms with E-state index >= 15 is 0 Å². The summed E-state index contributed by atoms with van der Waals surface area (Å²) >= 11 is 1.60. The lowest BCUT2D eigenvalue weighted by atomic mass is 10.1. The highest BCUT2D eigenvalue weighted by molar-refractivity contribution is 7.11. The van der Waals surface area contributed by atoms with Crippen molar-refractivity contribution in [2.24, 2.45) is 5.73 Å². The third-order valence-corrected chi connectivity index (χ3v) is 2.79. The number of rotatable bonds is 4. The Hall–Kier alpha value is -0.740. The molecule has 0 aliphatic heterocycles. The number of ketones is 1. The fourth-order valence-electron chi connectivity index (χ4n) is 1.09. The lowest BCUT2D eigenvalue weighted by Gasteiger charge is -2.06. The van der Waals surface area contributed by atoms with Crippen LogP contribution in [0.2, 0.25) is 0 Å². The number of hydrogen-bond acceptors (Lipinski definition) is 4. The standard InChI is InChI=1S/C9H14N2OS/c1-3-9(12)8(10)4-7-5-11-6(2)13-7/h5,8H,3-4,10H2,1-2H3. The SMILES string of the molecule is CCC(=O)C(N)Cc1cnc(C)s1. The average molecular weight is 198 g/mol. The minimum Gasteiger partial charge on any atom is -0.321 e. The average Bonchev–Trinajstić information content (AvgIpc) is 2.49. The van der Waals surface area contributed by atoms with Gasteiger partial charge in [0.25, 0.3) is 0 Å². The van der Waals surface area contributed by atoms with Gasteiger partial charge in [-0.3, -0.25) is 4.79 Å². The topological polar surface area (TPSA) is 56.0 Å². The van der Waals surface area contributed by atoms with Crippen molar-refractivity contribution < 1.29 is 4.79 Å². The number of hydrogen-bond donors (Lipinski definition) is 1. The van der Waals surface area contributed by atoms with Gasteiger partial charge in [-0.1, -0.05) is 6.92 Å². The highest BCUT2D eigenvalue weighted by Gasteiger charge is 2.12. The molecule has 1 unspecified atom stereocenters. The first-order chi connectivity index (χ1) is 6.13. The largest absolute Gasteiger partial charge is 0.321 e. The minimum atomic E-state index is -0.357. The van der Waals surface area contributed by atoms with Crippen LogP contribution in [0.25, 0.3) is 0 Å². The number of Topliss-reactive ketones (excluding diaryl/α,β-unsaturated/α-hetero) is 1. The molecule has 1 atom stereocenters. The number of carbonyl (C=O) groups is 1. The van der Waals surface area contributed by atoms with E-state index in [9.17, 15) is 4.79 Å². The van der Waals surface area contributed by atoms with Crippen molar-refractivity contribution in [2.45, 2.75) is 32.7 Å². The van der Waals surface area contributed by atoms with Gasteiger partial charge >= 0.3 is 0 Å². The molecule has 0 saturated carbocycles. The van der Waals surface area contributed by atoms with Crippen LogP contribution in [0.5, 0.6) is 0 Å². The van der Waals surface area contributed by atoms with Gasteiger partial charge in [0.1, 0.15) is 5.78 Å². The van der Waals surface area contributed by atoms with Crippen molar-refractivity contribution >= 4 is 17.1 Å². The molecule has 0 bridgehead atoms. The molecule has 72 valence electrons. The number of nitrogens with zero attached hydrogens (tertiary/aromatic N) is 1. The molecule has 0 aliphatic rings. The Bertz CT molecular complexity index is 296. The van der Waals surface area contributed by atoms with Crippen LogP contribution in [-0.2, 0) is 11.2 Å². The second kappa shape index (κ2) is 4.48. The first kappa shape index (κ1) is 10.3. The molecule has 0 amide bonds. The lowest BCUT2D eigenvalue weighted by Crippen LogP contribution is -2.31. The van der Waals surface area contributed by atoms with Gasteiger partial charge in [-0.25, -0.2) is 4.98 Å². The van der Waals surface area contributed by atoms with E-state index in [-0.39, 0.29) is 11.8 Å². The van der Waals surface area contributed by atoms with Crippen molar-refractivity contribution in [2.75, 3.05) is 0 Å². The molecule has 1 heterocycles. The second-order valence-corrected chi connectivity index (χ2v) is 4.30. The predicted octanol–water partition coefficient (Wildman–Crippen LogP) is 1.30. The van der Waals surface area contributed by atoms with Crippen LogP contribution in [0, 0.1) is 6.92 Å². The molecule has 0 fully saturated rings. The summed E-state index contributed by atoms with van der Waals surface area (Å²) in [5.41, 5.74) is 5.70. The van der Waals surface area contributed by atoms with Crippen LogP contribution in [0.4, 0.5) is 0 Å².